The zero-order valence-electron chi connectivity index (χ0n) is 10.7. The summed E-state index contributed by atoms with van der Waals surface area (Å²) in [5.74, 6) is 6.91. The number of nitrogen functional groups attached to an aromatic ring is 1. The van der Waals surface area contributed by atoms with Crippen molar-refractivity contribution in [3.8, 4) is 5.75 Å². The summed E-state index contributed by atoms with van der Waals surface area (Å²) in [7, 11) is 0. The summed E-state index contributed by atoms with van der Waals surface area (Å²) in [4.78, 5) is 4.07. The lowest BCUT2D eigenvalue weighted by Gasteiger charge is -2.09. The lowest BCUT2D eigenvalue weighted by Crippen LogP contribution is -2.09. The molecule has 0 amide bonds. The number of nitrogens with zero attached hydrogens (tertiary/aromatic N) is 1. The first-order valence-corrected chi connectivity index (χ1v) is 6.51. The number of pyridine rings is 1. The molecule has 0 saturated carbocycles. The molecule has 3 N–H and O–H groups in total. The third kappa shape index (κ3) is 2.69. The smallest absolute Gasteiger partial charge is 0.140 e. The van der Waals surface area contributed by atoms with Gasteiger partial charge in [0.2, 0.25) is 0 Å². The quantitative estimate of drug-likeness (QED) is 0.650. The number of ether oxygens (including phenoxy) is 1. The lowest BCUT2D eigenvalue weighted by molar-refractivity contribution is 0.306. The molecule has 19 heavy (non-hydrogen) atoms. The van der Waals surface area contributed by atoms with E-state index in [9.17, 15) is 0 Å². The van der Waals surface area contributed by atoms with Crippen molar-refractivity contribution in [3.63, 3.8) is 0 Å². The summed E-state index contributed by atoms with van der Waals surface area (Å²) in [5.41, 5.74) is 6.47. The van der Waals surface area contributed by atoms with Gasteiger partial charge in [-0.05, 0) is 60.2 Å². The van der Waals surface area contributed by atoms with E-state index in [0.717, 1.165) is 11.3 Å². The van der Waals surface area contributed by atoms with Crippen molar-refractivity contribution in [2.45, 2.75) is 25.9 Å². The molecule has 0 spiro atoms. The number of aryl methyl sites for hydroxylation is 2. The van der Waals surface area contributed by atoms with Crippen LogP contribution >= 0.6 is 0 Å². The van der Waals surface area contributed by atoms with Gasteiger partial charge in [0.15, 0.2) is 0 Å². The predicted octanol–water partition coefficient (Wildman–Crippen LogP) is 2.43. The zero-order chi connectivity index (χ0) is 13.1. The molecule has 3 rings (SSSR count). The van der Waals surface area contributed by atoms with Crippen molar-refractivity contribution in [2.24, 2.45) is 5.84 Å². The largest absolute Gasteiger partial charge is 0.489 e. The maximum atomic E-state index is 5.82. The molecule has 0 aliphatic heterocycles. The van der Waals surface area contributed by atoms with Crippen LogP contribution in [0.1, 0.15) is 23.1 Å². The Balaban J connectivity index is 1.68. The van der Waals surface area contributed by atoms with Crippen LogP contribution in [0.5, 0.6) is 5.75 Å². The number of nitrogens with two attached hydrogens (primary N) is 1. The fourth-order valence-corrected chi connectivity index (χ4v) is 2.45. The third-order valence-electron chi connectivity index (χ3n) is 3.45. The van der Waals surface area contributed by atoms with Crippen LogP contribution in [0.15, 0.2) is 36.5 Å². The fourth-order valence-electron chi connectivity index (χ4n) is 2.45. The van der Waals surface area contributed by atoms with Crippen LogP contribution in [0, 0.1) is 0 Å². The van der Waals surface area contributed by atoms with Gasteiger partial charge in [0, 0.05) is 6.20 Å². The van der Waals surface area contributed by atoms with Gasteiger partial charge >= 0.3 is 0 Å². The van der Waals surface area contributed by atoms with Gasteiger partial charge in [-0.2, -0.15) is 0 Å². The number of benzene rings is 1. The van der Waals surface area contributed by atoms with E-state index in [1.54, 1.807) is 6.20 Å². The van der Waals surface area contributed by atoms with Crippen molar-refractivity contribution >= 4 is 5.82 Å². The van der Waals surface area contributed by atoms with Crippen molar-refractivity contribution in [3.05, 3.63) is 53.2 Å². The highest BCUT2D eigenvalue weighted by Gasteiger charge is 2.11. The van der Waals surface area contributed by atoms with Crippen LogP contribution in [0.4, 0.5) is 5.82 Å². The Kier molecular flexibility index (Phi) is 3.33. The van der Waals surface area contributed by atoms with Crippen molar-refractivity contribution in [1.29, 1.82) is 0 Å². The van der Waals surface area contributed by atoms with E-state index in [0.29, 0.717) is 12.4 Å². The fraction of sp³-hybridized carbons (Fsp3) is 0.267. The molecule has 0 unspecified atom stereocenters. The van der Waals surface area contributed by atoms with Gasteiger partial charge in [0.05, 0.1) is 0 Å². The van der Waals surface area contributed by atoms with Crippen LogP contribution in [0.2, 0.25) is 0 Å². The zero-order valence-corrected chi connectivity index (χ0v) is 10.7. The van der Waals surface area contributed by atoms with Crippen molar-refractivity contribution in [1.82, 2.24) is 4.98 Å². The molecule has 1 aromatic heterocycles. The minimum atomic E-state index is 0.524. The van der Waals surface area contributed by atoms with E-state index in [-0.39, 0.29) is 0 Å². The first-order chi connectivity index (χ1) is 9.35. The molecule has 4 nitrogen and oxygen atoms in total. The second-order valence-corrected chi connectivity index (χ2v) is 4.77. The second-order valence-electron chi connectivity index (χ2n) is 4.77. The van der Waals surface area contributed by atoms with E-state index in [1.807, 2.05) is 18.2 Å². The Labute approximate surface area is 112 Å². The molecule has 0 atom stereocenters. The van der Waals surface area contributed by atoms with Gasteiger partial charge in [0.1, 0.15) is 18.2 Å². The molecule has 0 saturated heterocycles. The summed E-state index contributed by atoms with van der Waals surface area (Å²) in [6.07, 6.45) is 5.35. The van der Waals surface area contributed by atoms with Crippen LogP contribution in [-0.4, -0.2) is 4.98 Å². The molecule has 1 aromatic carbocycles. The summed E-state index contributed by atoms with van der Waals surface area (Å²) >= 11 is 0. The van der Waals surface area contributed by atoms with Gasteiger partial charge in [-0.25, -0.2) is 10.8 Å². The topological polar surface area (TPSA) is 60.2 Å². The van der Waals surface area contributed by atoms with Crippen LogP contribution in [0.25, 0.3) is 0 Å². The first kappa shape index (κ1) is 12.0. The predicted molar refractivity (Wildman–Crippen MR) is 74.8 cm³/mol. The first-order valence-electron chi connectivity index (χ1n) is 6.51. The van der Waals surface area contributed by atoms with Gasteiger partial charge in [0.25, 0.3) is 0 Å². The maximum absolute atomic E-state index is 5.82. The molecule has 0 bridgehead atoms. The standard InChI is InChI=1S/C15H17N3O/c16-18-15-8-11(6-7-17-15)10-19-14-5-4-12-2-1-3-13(12)9-14/h4-9H,1-3,10,16H2,(H,17,18). The second kappa shape index (κ2) is 5.28. The lowest BCUT2D eigenvalue weighted by atomic mass is 10.1. The Morgan fingerprint density at radius 3 is 2.95 bits per heavy atom. The molecule has 98 valence electrons. The number of nitrogens with one attached hydrogen (secondary N) is 1. The van der Waals surface area contributed by atoms with E-state index in [2.05, 4.69) is 22.5 Å². The summed E-state index contributed by atoms with van der Waals surface area (Å²) in [6.45, 7) is 0.524. The third-order valence-corrected chi connectivity index (χ3v) is 3.45. The number of anilines is 1. The molecule has 1 aliphatic rings. The van der Waals surface area contributed by atoms with Crippen molar-refractivity contribution in [2.75, 3.05) is 5.43 Å². The number of aromatic nitrogens is 1. The van der Waals surface area contributed by atoms with Crippen LogP contribution in [-0.2, 0) is 19.4 Å². The van der Waals surface area contributed by atoms with Gasteiger partial charge in [-0.1, -0.05) is 6.07 Å². The number of rotatable bonds is 4. The summed E-state index contributed by atoms with van der Waals surface area (Å²) in [6, 6.07) is 10.2. The average molecular weight is 255 g/mol. The number of hydrogen-bond acceptors (Lipinski definition) is 4. The Morgan fingerprint density at radius 1 is 1.16 bits per heavy atom. The number of fused-ring (bicyclic) bond motifs is 1. The Hall–Kier alpha value is -2.07. The highest BCUT2D eigenvalue weighted by Crippen LogP contribution is 2.26. The summed E-state index contributed by atoms with van der Waals surface area (Å²) in [5, 5.41) is 0. The molecule has 2 aromatic rings. The Bertz CT molecular complexity index is 583. The normalized spacial score (nSPS) is 13.1. The highest BCUT2D eigenvalue weighted by atomic mass is 16.5. The molecule has 0 radical (unpaired) electrons. The van der Waals surface area contributed by atoms with E-state index in [1.165, 1.54) is 30.4 Å². The van der Waals surface area contributed by atoms with E-state index < -0.39 is 0 Å². The Morgan fingerprint density at radius 2 is 2.05 bits per heavy atom. The van der Waals surface area contributed by atoms with E-state index >= 15 is 0 Å². The molecule has 4 heteroatoms. The van der Waals surface area contributed by atoms with E-state index in [4.69, 9.17) is 10.6 Å². The monoisotopic (exact) mass is 255 g/mol. The molecule has 1 heterocycles. The number of hydrogen-bond donors (Lipinski definition) is 2. The maximum Gasteiger partial charge on any atom is 0.140 e. The minimum absolute atomic E-state index is 0.524. The average Bonchev–Trinajstić information content (AvgIpc) is 2.93. The van der Waals surface area contributed by atoms with Gasteiger partial charge in [-0.15, -0.1) is 0 Å². The highest BCUT2D eigenvalue weighted by molar-refractivity contribution is 5.39. The molecule has 0 fully saturated rings. The molecule has 1 aliphatic carbocycles. The summed E-state index contributed by atoms with van der Waals surface area (Å²) < 4.78 is 5.82. The van der Waals surface area contributed by atoms with Gasteiger partial charge in [-0.3, -0.25) is 0 Å². The molecular weight excluding hydrogens is 238 g/mol. The van der Waals surface area contributed by atoms with Crippen LogP contribution in [0.3, 0.4) is 0 Å². The number of hydrazine groups is 1. The SMILES string of the molecule is NNc1cc(COc2ccc3c(c2)CCC3)ccn1. The van der Waals surface area contributed by atoms with Gasteiger partial charge < -0.3 is 10.2 Å². The van der Waals surface area contributed by atoms with Crippen molar-refractivity contribution < 1.29 is 4.74 Å². The molecular formula is C15H17N3O. The van der Waals surface area contributed by atoms with Crippen LogP contribution < -0.4 is 16.0 Å². The minimum Gasteiger partial charge on any atom is -0.489 e.